The van der Waals surface area contributed by atoms with Crippen LogP contribution < -0.4 is 20.5 Å². The molecule has 0 spiro atoms. The lowest BCUT2D eigenvalue weighted by molar-refractivity contribution is 0.350. The molecular weight excluding hydrogens is 320 g/mol. The van der Waals surface area contributed by atoms with Crippen molar-refractivity contribution in [1.82, 2.24) is 19.7 Å². The normalized spacial score (nSPS) is 15.3. The molecule has 7 nitrogen and oxygen atoms in total. The van der Waals surface area contributed by atoms with Gasteiger partial charge in [-0.25, -0.2) is 9.48 Å². The second kappa shape index (κ2) is 7.74. The molecule has 0 bridgehead atoms. The molecule has 2 heterocycles. The summed E-state index contributed by atoms with van der Waals surface area (Å²) in [6.45, 7) is 4.93. The van der Waals surface area contributed by atoms with E-state index in [1.165, 1.54) is 4.68 Å². The lowest BCUT2D eigenvalue weighted by Crippen LogP contribution is -2.29. The van der Waals surface area contributed by atoms with Gasteiger partial charge >= 0.3 is 5.69 Å². The van der Waals surface area contributed by atoms with Crippen LogP contribution in [0.4, 0.5) is 0 Å². The van der Waals surface area contributed by atoms with Crippen molar-refractivity contribution in [3.05, 3.63) is 40.1 Å². The molecule has 2 aromatic rings. The number of hydrogen-bond acceptors (Lipinski definition) is 5. The molecule has 1 aliphatic heterocycles. The number of rotatable bonds is 6. The fourth-order valence-electron chi connectivity index (χ4n) is 3.48. The molecule has 1 fully saturated rings. The average Bonchev–Trinajstić information content (AvgIpc) is 2.97. The molecule has 25 heavy (non-hydrogen) atoms. The van der Waals surface area contributed by atoms with E-state index in [2.05, 4.69) is 10.4 Å². The van der Waals surface area contributed by atoms with Crippen LogP contribution in [0.25, 0.3) is 0 Å². The van der Waals surface area contributed by atoms with E-state index < -0.39 is 0 Å². The number of ether oxygens (including phenoxy) is 2. The Morgan fingerprint density at radius 3 is 2.64 bits per heavy atom. The summed E-state index contributed by atoms with van der Waals surface area (Å²) in [5.41, 5.74) is 0.808. The van der Waals surface area contributed by atoms with E-state index in [9.17, 15) is 4.79 Å². The van der Waals surface area contributed by atoms with Gasteiger partial charge in [-0.2, -0.15) is 5.10 Å². The van der Waals surface area contributed by atoms with Crippen LogP contribution in [0.1, 0.15) is 37.1 Å². The lowest BCUT2D eigenvalue weighted by atomic mass is 9.97. The summed E-state index contributed by atoms with van der Waals surface area (Å²) in [7, 11) is 3.21. The molecule has 0 aliphatic carbocycles. The molecule has 136 valence electrons. The van der Waals surface area contributed by atoms with E-state index in [0.717, 1.165) is 37.3 Å². The van der Waals surface area contributed by atoms with Crippen LogP contribution in [0.15, 0.2) is 23.0 Å². The average molecular weight is 346 g/mol. The van der Waals surface area contributed by atoms with Gasteiger partial charge in [0.2, 0.25) is 0 Å². The monoisotopic (exact) mass is 346 g/mol. The Labute approximate surface area is 147 Å². The number of nitrogens with one attached hydrogen (secondary N) is 1. The van der Waals surface area contributed by atoms with Gasteiger partial charge in [-0.05, 0) is 38.9 Å². The summed E-state index contributed by atoms with van der Waals surface area (Å²) < 4.78 is 14.2. The fourth-order valence-corrected chi connectivity index (χ4v) is 3.48. The minimum atomic E-state index is -0.0686. The van der Waals surface area contributed by atoms with Gasteiger partial charge in [0.25, 0.3) is 0 Å². The predicted molar refractivity (Wildman–Crippen MR) is 95.7 cm³/mol. The standard InChI is InChI=1S/C18H26N4O3/c1-4-21-17(13-8-10-19-11-9-13)20-22(18(21)23)12-14-6-5-7-15(24-2)16(14)25-3/h5-7,13,19H,4,8-12H2,1-3H3. The zero-order chi connectivity index (χ0) is 17.8. The summed E-state index contributed by atoms with van der Waals surface area (Å²) in [6, 6.07) is 5.67. The molecule has 7 heteroatoms. The summed E-state index contributed by atoms with van der Waals surface area (Å²) in [5.74, 6) is 2.53. The van der Waals surface area contributed by atoms with Crippen molar-refractivity contribution < 1.29 is 9.47 Å². The minimum Gasteiger partial charge on any atom is -0.493 e. The molecule has 1 aliphatic rings. The van der Waals surface area contributed by atoms with Crippen LogP contribution in [0.5, 0.6) is 11.5 Å². The third-order valence-electron chi connectivity index (χ3n) is 4.78. The molecule has 1 aromatic carbocycles. The van der Waals surface area contributed by atoms with Crippen LogP contribution in [0, 0.1) is 0 Å². The molecule has 3 rings (SSSR count). The number of hydrogen-bond donors (Lipinski definition) is 1. The number of para-hydroxylation sites is 1. The summed E-state index contributed by atoms with van der Waals surface area (Å²) in [4.78, 5) is 12.8. The fraction of sp³-hybridized carbons (Fsp3) is 0.556. The first kappa shape index (κ1) is 17.5. The molecule has 1 N–H and O–H groups in total. The van der Waals surface area contributed by atoms with Crippen molar-refractivity contribution in [2.24, 2.45) is 0 Å². The highest BCUT2D eigenvalue weighted by atomic mass is 16.5. The lowest BCUT2D eigenvalue weighted by Gasteiger charge is -2.21. The van der Waals surface area contributed by atoms with E-state index in [4.69, 9.17) is 9.47 Å². The smallest absolute Gasteiger partial charge is 0.346 e. The van der Waals surface area contributed by atoms with Crippen molar-refractivity contribution in [1.29, 1.82) is 0 Å². The second-order valence-corrected chi connectivity index (χ2v) is 6.22. The zero-order valence-corrected chi connectivity index (χ0v) is 15.1. The van der Waals surface area contributed by atoms with Crippen molar-refractivity contribution in [3.8, 4) is 11.5 Å². The van der Waals surface area contributed by atoms with Gasteiger partial charge in [0.05, 0.1) is 20.8 Å². The van der Waals surface area contributed by atoms with Crippen molar-refractivity contribution >= 4 is 0 Å². The molecular formula is C18H26N4O3. The Morgan fingerprint density at radius 2 is 2.00 bits per heavy atom. The van der Waals surface area contributed by atoms with E-state index in [-0.39, 0.29) is 5.69 Å². The topological polar surface area (TPSA) is 70.3 Å². The summed E-state index contributed by atoms with van der Waals surface area (Å²) in [6.07, 6.45) is 2.03. The highest BCUT2D eigenvalue weighted by Gasteiger charge is 2.23. The minimum absolute atomic E-state index is 0.0686. The van der Waals surface area contributed by atoms with E-state index in [1.54, 1.807) is 18.8 Å². The van der Waals surface area contributed by atoms with Crippen molar-refractivity contribution in [3.63, 3.8) is 0 Å². The zero-order valence-electron chi connectivity index (χ0n) is 15.1. The van der Waals surface area contributed by atoms with Gasteiger partial charge in [-0.15, -0.1) is 0 Å². The first-order valence-electron chi connectivity index (χ1n) is 8.77. The Hall–Kier alpha value is -2.28. The third-order valence-corrected chi connectivity index (χ3v) is 4.78. The predicted octanol–water partition coefficient (Wildman–Crippen LogP) is 1.60. The number of methoxy groups -OCH3 is 2. The molecule has 0 amide bonds. The van der Waals surface area contributed by atoms with Crippen LogP contribution in [0.2, 0.25) is 0 Å². The molecule has 0 unspecified atom stereocenters. The van der Waals surface area contributed by atoms with E-state index in [0.29, 0.717) is 30.5 Å². The number of aromatic nitrogens is 3. The third kappa shape index (κ3) is 3.42. The first-order valence-corrected chi connectivity index (χ1v) is 8.77. The van der Waals surface area contributed by atoms with Crippen LogP contribution in [0.3, 0.4) is 0 Å². The Kier molecular flexibility index (Phi) is 5.43. The molecule has 0 saturated carbocycles. The van der Waals surface area contributed by atoms with Gasteiger partial charge in [0.1, 0.15) is 5.82 Å². The maximum absolute atomic E-state index is 12.8. The summed E-state index contributed by atoms with van der Waals surface area (Å²) in [5, 5.41) is 8.03. The molecule has 0 atom stereocenters. The van der Waals surface area contributed by atoms with E-state index >= 15 is 0 Å². The van der Waals surface area contributed by atoms with Gasteiger partial charge < -0.3 is 14.8 Å². The Balaban J connectivity index is 1.96. The Bertz CT molecular complexity index is 775. The highest BCUT2D eigenvalue weighted by Crippen LogP contribution is 2.31. The second-order valence-electron chi connectivity index (χ2n) is 6.22. The maximum atomic E-state index is 12.8. The molecule has 0 radical (unpaired) electrons. The SMILES string of the molecule is CCn1c(C2CCNCC2)nn(Cc2cccc(OC)c2OC)c1=O. The van der Waals surface area contributed by atoms with Crippen molar-refractivity contribution in [2.45, 2.75) is 38.8 Å². The molecule has 1 saturated heterocycles. The van der Waals surface area contributed by atoms with Crippen molar-refractivity contribution in [2.75, 3.05) is 27.3 Å². The Morgan fingerprint density at radius 1 is 1.24 bits per heavy atom. The van der Waals surface area contributed by atoms with Crippen LogP contribution in [-0.2, 0) is 13.1 Å². The van der Waals surface area contributed by atoms with Gasteiger partial charge in [-0.3, -0.25) is 4.57 Å². The molecule has 1 aromatic heterocycles. The highest BCUT2D eigenvalue weighted by molar-refractivity contribution is 5.46. The van der Waals surface area contributed by atoms with Gasteiger partial charge in [0, 0.05) is 18.0 Å². The summed E-state index contributed by atoms with van der Waals surface area (Å²) >= 11 is 0. The maximum Gasteiger partial charge on any atom is 0.346 e. The van der Waals surface area contributed by atoms with Crippen LogP contribution in [-0.4, -0.2) is 41.7 Å². The number of piperidine rings is 1. The first-order chi connectivity index (χ1) is 12.2. The number of benzene rings is 1. The van der Waals surface area contributed by atoms with Gasteiger partial charge in [0.15, 0.2) is 11.5 Å². The van der Waals surface area contributed by atoms with Gasteiger partial charge in [-0.1, -0.05) is 12.1 Å². The quantitative estimate of drug-likeness (QED) is 0.860. The largest absolute Gasteiger partial charge is 0.493 e. The number of nitrogens with zero attached hydrogens (tertiary/aromatic N) is 3. The van der Waals surface area contributed by atoms with E-state index in [1.807, 2.05) is 25.1 Å². The van der Waals surface area contributed by atoms with Crippen LogP contribution >= 0.6 is 0 Å².